The third-order valence-corrected chi connectivity index (χ3v) is 6.13. The average molecular weight is 362 g/mol. The Morgan fingerprint density at radius 1 is 1.42 bits per heavy atom. The predicted molar refractivity (Wildman–Crippen MR) is 94.9 cm³/mol. The van der Waals surface area contributed by atoms with E-state index >= 15 is 0 Å². The first kappa shape index (κ1) is 16.8. The summed E-state index contributed by atoms with van der Waals surface area (Å²) >= 11 is 2.82. The number of rotatable bonds is 4. The van der Waals surface area contributed by atoms with Crippen LogP contribution in [-0.4, -0.2) is 48.2 Å². The summed E-state index contributed by atoms with van der Waals surface area (Å²) < 4.78 is 4.77. The van der Waals surface area contributed by atoms with Crippen LogP contribution >= 0.6 is 23.1 Å². The summed E-state index contributed by atoms with van der Waals surface area (Å²) in [5.74, 6) is -1.08. The van der Waals surface area contributed by atoms with Crippen molar-refractivity contribution in [1.29, 1.82) is 0 Å². The largest absolute Gasteiger partial charge is 0.542 e. The number of nitrogens with one attached hydrogen (secondary N) is 1. The molecule has 24 heavy (non-hydrogen) atoms. The van der Waals surface area contributed by atoms with Crippen LogP contribution in [0.25, 0.3) is 0 Å². The lowest BCUT2D eigenvalue weighted by atomic mass is 9.97. The first-order valence-corrected chi connectivity index (χ1v) is 8.96. The molecule has 1 aromatic rings. The maximum Gasteiger partial charge on any atom is 0.326 e. The third-order valence-electron chi connectivity index (χ3n) is 3.97. The number of carbonyl (C=O) groups excluding carboxylic acids is 3. The fourth-order valence-corrected chi connectivity index (χ4v) is 4.64. The molecule has 0 unspecified atom stereocenters. The number of amides is 2. The molecule has 1 N–H and O–H groups in total. The van der Waals surface area contributed by atoms with Crippen molar-refractivity contribution in [2.45, 2.75) is 23.9 Å². The summed E-state index contributed by atoms with van der Waals surface area (Å²) in [6.07, 6.45) is 0.229. The van der Waals surface area contributed by atoms with Crippen LogP contribution in [0.4, 0.5) is 0 Å². The van der Waals surface area contributed by atoms with Crippen LogP contribution in [0.15, 0.2) is 41.1 Å². The van der Waals surface area contributed by atoms with E-state index in [0.717, 1.165) is 4.88 Å². The molecule has 6 nitrogen and oxygen atoms in total. The molecule has 1 aromatic heterocycles. The molecule has 3 rings (SSSR count). The molecule has 2 saturated heterocycles. The van der Waals surface area contributed by atoms with Gasteiger partial charge in [0.2, 0.25) is 11.8 Å². The van der Waals surface area contributed by atoms with Gasteiger partial charge in [0.15, 0.2) is 6.04 Å². The van der Waals surface area contributed by atoms with E-state index in [-0.39, 0.29) is 23.6 Å². The first-order chi connectivity index (χ1) is 11.4. The minimum atomic E-state index is -0.869. The summed E-state index contributed by atoms with van der Waals surface area (Å²) in [7, 11) is 1.26. The van der Waals surface area contributed by atoms with Crippen molar-refractivity contribution in [3.63, 3.8) is 0 Å². The quantitative estimate of drug-likeness (QED) is 0.613. The zero-order valence-electron chi connectivity index (χ0n) is 13.0. The van der Waals surface area contributed by atoms with Crippen LogP contribution in [-0.2, 0) is 25.5 Å². The van der Waals surface area contributed by atoms with E-state index in [1.807, 2.05) is 17.5 Å². The van der Waals surface area contributed by atoms with E-state index < -0.39 is 18.1 Å². The smallest absolute Gasteiger partial charge is 0.326 e. The van der Waals surface area contributed by atoms with Gasteiger partial charge in [-0.1, -0.05) is 31.0 Å². The topological polar surface area (TPSA) is 75.7 Å². The molecule has 0 aliphatic carbocycles. The van der Waals surface area contributed by atoms with E-state index in [1.54, 1.807) is 0 Å². The molecule has 124 valence electrons. The van der Waals surface area contributed by atoms with Gasteiger partial charge in [0, 0.05) is 9.78 Å². The fourth-order valence-electron chi connectivity index (χ4n) is 2.72. The highest BCUT2D eigenvalue weighted by Crippen LogP contribution is 2.45. The van der Waals surface area contributed by atoms with Crippen LogP contribution in [0.5, 0.6) is 0 Å². The number of hydrogen-bond donors (Lipinski definition) is 1. The van der Waals surface area contributed by atoms with E-state index in [1.165, 1.54) is 36.0 Å². The van der Waals surface area contributed by atoms with Gasteiger partial charge >= 0.3 is 14.0 Å². The fraction of sp³-hybridized carbons (Fsp3) is 0.267. The molecule has 3 heterocycles. The Hall–Kier alpha value is -2.00. The number of thiophene rings is 1. The summed E-state index contributed by atoms with van der Waals surface area (Å²) in [5, 5.41) is 4.28. The van der Waals surface area contributed by atoms with Gasteiger partial charge in [-0.3, -0.25) is 14.4 Å². The summed E-state index contributed by atoms with van der Waals surface area (Å²) in [4.78, 5) is 39.5. The van der Waals surface area contributed by atoms with Gasteiger partial charge in [-0.2, -0.15) is 0 Å². The van der Waals surface area contributed by atoms with Crippen LogP contribution < -0.4 is 5.32 Å². The molecule has 9 heteroatoms. The number of fused-ring (bicyclic) bond motifs is 1. The molecule has 2 aliphatic rings. The minimum absolute atomic E-state index is 0.222. The van der Waals surface area contributed by atoms with Crippen molar-refractivity contribution in [3.8, 4) is 0 Å². The highest BCUT2D eigenvalue weighted by molar-refractivity contribution is 8.04. The lowest BCUT2D eigenvalue weighted by molar-refractivity contribution is -0.158. The van der Waals surface area contributed by atoms with Gasteiger partial charge in [-0.05, 0) is 17.0 Å². The van der Waals surface area contributed by atoms with E-state index in [0.29, 0.717) is 10.5 Å². The number of carbonyl (C=O) groups is 3. The second kappa shape index (κ2) is 6.48. The van der Waals surface area contributed by atoms with Gasteiger partial charge in [-0.15, -0.1) is 11.3 Å². The molecular weight excluding hydrogens is 347 g/mol. The molecule has 2 aliphatic heterocycles. The van der Waals surface area contributed by atoms with E-state index in [9.17, 15) is 14.4 Å². The average Bonchev–Trinajstić information content (AvgIpc) is 3.07. The van der Waals surface area contributed by atoms with Crippen LogP contribution in [0.2, 0.25) is 0 Å². The number of β-lactam (4-membered cyclic amide) rings is 1. The number of hydrogen-bond acceptors (Lipinski definition) is 6. The second-order valence-electron chi connectivity index (χ2n) is 5.43. The predicted octanol–water partition coefficient (Wildman–Crippen LogP) is 0.220. The first-order valence-electron chi connectivity index (χ1n) is 7.20. The van der Waals surface area contributed by atoms with Gasteiger partial charge in [0.05, 0.1) is 6.42 Å². The zero-order chi connectivity index (χ0) is 17.4. The molecular formula is C15H15BN2O4S2. The summed E-state index contributed by atoms with van der Waals surface area (Å²) in [5.41, 5.74) is 0.458. The van der Waals surface area contributed by atoms with Crippen molar-refractivity contribution in [2.24, 2.45) is 0 Å². The highest BCUT2D eigenvalue weighted by atomic mass is 32.2. The minimum Gasteiger partial charge on any atom is -0.542 e. The highest BCUT2D eigenvalue weighted by Gasteiger charge is 2.57. The molecule has 0 radical (unpaired) electrons. The maximum absolute atomic E-state index is 12.4. The van der Waals surface area contributed by atoms with Crippen LogP contribution in [0, 0.1) is 0 Å². The van der Waals surface area contributed by atoms with Crippen LogP contribution in [0.1, 0.15) is 4.88 Å². The molecule has 3 atom stereocenters. The Labute approximate surface area is 148 Å². The Kier molecular flexibility index (Phi) is 4.55. The summed E-state index contributed by atoms with van der Waals surface area (Å²) in [6.45, 7) is 7.72. The third kappa shape index (κ3) is 2.78. The maximum atomic E-state index is 12.4. The second-order valence-corrected chi connectivity index (χ2v) is 7.67. The van der Waals surface area contributed by atoms with Crippen molar-refractivity contribution in [3.05, 3.63) is 46.0 Å². The number of nitrogens with zero attached hydrogens (tertiary/aromatic N) is 1. The number of thioether (sulfide) groups is 1. The lowest BCUT2D eigenvalue weighted by Gasteiger charge is -2.53. The molecule has 2 amide bonds. The van der Waals surface area contributed by atoms with Gasteiger partial charge in [0.1, 0.15) is 11.4 Å². The Bertz CT molecular complexity index is 734. The van der Waals surface area contributed by atoms with E-state index in [2.05, 4.69) is 18.5 Å². The zero-order valence-corrected chi connectivity index (χ0v) is 14.6. The van der Waals surface area contributed by atoms with E-state index in [4.69, 9.17) is 4.65 Å². The van der Waals surface area contributed by atoms with Crippen molar-refractivity contribution >= 4 is 48.9 Å². The normalized spacial score (nSPS) is 25.8. The molecule has 0 aromatic carbocycles. The van der Waals surface area contributed by atoms with Crippen molar-refractivity contribution in [2.75, 3.05) is 0 Å². The molecule has 0 saturated carbocycles. The Morgan fingerprint density at radius 3 is 2.79 bits per heavy atom. The molecule has 0 spiro atoms. The SMILES string of the molecule is BOC(=O)[C@H]1C(=C)C(=C)S[C@@H]2[C@H](NC(=O)Cc3cccs3)C(=O)N12. The van der Waals surface area contributed by atoms with Crippen LogP contribution in [0.3, 0.4) is 0 Å². The summed E-state index contributed by atoms with van der Waals surface area (Å²) in [6, 6.07) is 2.20. The van der Waals surface area contributed by atoms with Crippen molar-refractivity contribution in [1.82, 2.24) is 10.2 Å². The molecule has 0 bridgehead atoms. The van der Waals surface area contributed by atoms with Gasteiger partial charge in [0.25, 0.3) is 0 Å². The van der Waals surface area contributed by atoms with Crippen molar-refractivity contribution < 1.29 is 19.0 Å². The van der Waals surface area contributed by atoms with Gasteiger partial charge in [-0.25, -0.2) is 0 Å². The van der Waals surface area contributed by atoms with Gasteiger partial charge < -0.3 is 14.9 Å². The lowest BCUT2D eigenvalue weighted by Crippen LogP contribution is -2.74. The Morgan fingerprint density at radius 2 is 2.17 bits per heavy atom. The molecule has 2 fully saturated rings. The standard InChI is InChI=1S/C15H15BN2O4S2/c1-7-8(2)24-14-11(13(20)18(14)12(7)15(21)22-16)17-10(19)6-9-4-3-5-23-9/h3-5,11-12,14H,1-2,6,16H2,(H,17,19)/t11-,12-,14-/m1/s1. The Balaban J connectivity index is 1.71. The monoisotopic (exact) mass is 362 g/mol.